The van der Waals surface area contributed by atoms with Gasteiger partial charge in [0, 0.05) is 17.7 Å². The predicted octanol–water partition coefficient (Wildman–Crippen LogP) is 2.42. The number of nitrogens with one attached hydrogen (secondary N) is 2. The fraction of sp³-hybridized carbons (Fsp3) is 0.188. The molecule has 0 bridgehead atoms. The second-order valence-corrected chi connectivity index (χ2v) is 6.96. The van der Waals surface area contributed by atoms with Gasteiger partial charge in [0.2, 0.25) is 10.0 Å². The molecule has 0 spiro atoms. The summed E-state index contributed by atoms with van der Waals surface area (Å²) in [4.78, 5) is 12.1. The topological polar surface area (TPSA) is 84.5 Å². The average molecular weight is 388 g/mol. The van der Waals surface area contributed by atoms with E-state index in [1.807, 2.05) is 0 Å². The molecule has 0 saturated carbocycles. The average Bonchev–Trinajstić information content (AvgIpc) is 2.59. The SMILES string of the molecule is CNS(=O)(=O)c1cccc(C(=O)NCc2ccccc2OC(F)(F)F)c1. The lowest BCUT2D eigenvalue weighted by atomic mass is 10.1. The van der Waals surface area contributed by atoms with Gasteiger partial charge in [-0.3, -0.25) is 4.79 Å². The Hall–Kier alpha value is -2.59. The maximum absolute atomic E-state index is 12.4. The Bertz CT molecular complexity index is 898. The molecule has 0 saturated heterocycles. The van der Waals surface area contributed by atoms with Gasteiger partial charge in [0.25, 0.3) is 5.91 Å². The van der Waals surface area contributed by atoms with Crippen LogP contribution in [0.15, 0.2) is 53.4 Å². The highest BCUT2D eigenvalue weighted by atomic mass is 32.2. The van der Waals surface area contributed by atoms with Crippen molar-refractivity contribution in [3.05, 3.63) is 59.7 Å². The third-order valence-corrected chi connectivity index (χ3v) is 4.72. The van der Waals surface area contributed by atoms with Crippen LogP contribution in [0.5, 0.6) is 5.75 Å². The minimum absolute atomic E-state index is 0.0514. The molecule has 1 amide bonds. The standard InChI is InChI=1S/C16H15F3N2O4S/c1-20-26(23,24)13-7-4-6-11(9-13)15(22)21-10-12-5-2-3-8-14(12)25-16(17,18)19/h2-9,20H,10H2,1H3,(H,21,22). The molecule has 0 aliphatic carbocycles. The number of para-hydroxylation sites is 1. The van der Waals surface area contributed by atoms with Crippen LogP contribution in [0.1, 0.15) is 15.9 Å². The van der Waals surface area contributed by atoms with Crippen LogP contribution in [0.4, 0.5) is 13.2 Å². The van der Waals surface area contributed by atoms with Crippen LogP contribution >= 0.6 is 0 Å². The highest BCUT2D eigenvalue weighted by Crippen LogP contribution is 2.26. The van der Waals surface area contributed by atoms with Crippen molar-refractivity contribution in [1.29, 1.82) is 0 Å². The van der Waals surface area contributed by atoms with E-state index in [1.165, 1.54) is 49.5 Å². The summed E-state index contributed by atoms with van der Waals surface area (Å²) in [6.07, 6.45) is -4.85. The molecule has 6 nitrogen and oxygen atoms in total. The fourth-order valence-electron chi connectivity index (χ4n) is 2.07. The number of carbonyl (C=O) groups is 1. The Morgan fingerprint density at radius 1 is 1.12 bits per heavy atom. The van der Waals surface area contributed by atoms with E-state index in [2.05, 4.69) is 14.8 Å². The van der Waals surface area contributed by atoms with Crippen molar-refractivity contribution in [2.24, 2.45) is 0 Å². The number of hydrogen-bond donors (Lipinski definition) is 2. The summed E-state index contributed by atoms with van der Waals surface area (Å²) in [7, 11) is -2.49. The molecule has 2 rings (SSSR count). The lowest BCUT2D eigenvalue weighted by molar-refractivity contribution is -0.274. The predicted molar refractivity (Wildman–Crippen MR) is 87.0 cm³/mol. The number of amides is 1. The van der Waals surface area contributed by atoms with Gasteiger partial charge in [-0.1, -0.05) is 24.3 Å². The molecule has 0 atom stereocenters. The quantitative estimate of drug-likeness (QED) is 0.796. The van der Waals surface area contributed by atoms with Gasteiger partial charge in [-0.05, 0) is 31.3 Å². The second kappa shape index (κ2) is 7.75. The summed E-state index contributed by atoms with van der Waals surface area (Å²) in [6.45, 7) is -0.228. The van der Waals surface area contributed by atoms with Crippen LogP contribution in [-0.4, -0.2) is 27.7 Å². The lowest BCUT2D eigenvalue weighted by Gasteiger charge is -2.13. The molecule has 2 aromatic carbocycles. The van der Waals surface area contributed by atoms with Crippen molar-refractivity contribution < 1.29 is 31.1 Å². The van der Waals surface area contributed by atoms with Crippen LogP contribution in [0, 0.1) is 0 Å². The molecular formula is C16H15F3N2O4S. The summed E-state index contributed by atoms with van der Waals surface area (Å²) in [5.41, 5.74) is 0.174. The highest BCUT2D eigenvalue weighted by molar-refractivity contribution is 7.89. The van der Waals surface area contributed by atoms with Crippen molar-refractivity contribution in [2.45, 2.75) is 17.8 Å². The van der Waals surface area contributed by atoms with E-state index in [-0.39, 0.29) is 22.6 Å². The van der Waals surface area contributed by atoms with Crippen LogP contribution in [0.2, 0.25) is 0 Å². The number of carbonyl (C=O) groups excluding carboxylic acids is 1. The summed E-state index contributed by atoms with van der Waals surface area (Å²) in [5, 5.41) is 2.44. The monoisotopic (exact) mass is 388 g/mol. The van der Waals surface area contributed by atoms with E-state index in [4.69, 9.17) is 0 Å². The van der Waals surface area contributed by atoms with Crippen molar-refractivity contribution in [1.82, 2.24) is 10.0 Å². The third-order valence-electron chi connectivity index (χ3n) is 3.31. The van der Waals surface area contributed by atoms with Gasteiger partial charge < -0.3 is 10.1 Å². The first-order valence-corrected chi connectivity index (χ1v) is 8.76. The summed E-state index contributed by atoms with van der Waals surface area (Å²) < 4.78 is 66.8. The largest absolute Gasteiger partial charge is 0.573 e. The molecule has 140 valence electrons. The molecule has 0 unspecified atom stereocenters. The molecule has 0 radical (unpaired) electrons. The Morgan fingerprint density at radius 2 is 1.81 bits per heavy atom. The number of ether oxygens (including phenoxy) is 1. The van der Waals surface area contributed by atoms with E-state index in [9.17, 15) is 26.4 Å². The van der Waals surface area contributed by atoms with E-state index < -0.39 is 28.0 Å². The third kappa shape index (κ3) is 5.20. The van der Waals surface area contributed by atoms with Gasteiger partial charge in [0.05, 0.1) is 4.90 Å². The number of sulfonamides is 1. The van der Waals surface area contributed by atoms with Crippen LogP contribution in [0.25, 0.3) is 0 Å². The van der Waals surface area contributed by atoms with Crippen LogP contribution in [-0.2, 0) is 16.6 Å². The number of rotatable bonds is 6. The summed E-state index contributed by atoms with van der Waals surface area (Å²) in [6, 6.07) is 10.7. The number of alkyl halides is 3. The molecule has 26 heavy (non-hydrogen) atoms. The van der Waals surface area contributed by atoms with Crippen molar-refractivity contribution in [3.8, 4) is 5.75 Å². The molecule has 2 aromatic rings. The van der Waals surface area contributed by atoms with Gasteiger partial charge in [-0.15, -0.1) is 13.2 Å². The van der Waals surface area contributed by atoms with Gasteiger partial charge >= 0.3 is 6.36 Å². The maximum Gasteiger partial charge on any atom is 0.573 e. The van der Waals surface area contributed by atoms with Gasteiger partial charge in [-0.25, -0.2) is 13.1 Å². The number of halogens is 3. The molecule has 2 N–H and O–H groups in total. The normalized spacial score (nSPS) is 11.8. The van der Waals surface area contributed by atoms with E-state index in [1.54, 1.807) is 0 Å². The zero-order valence-electron chi connectivity index (χ0n) is 13.5. The van der Waals surface area contributed by atoms with E-state index in [0.29, 0.717) is 0 Å². The minimum atomic E-state index is -4.85. The van der Waals surface area contributed by atoms with E-state index >= 15 is 0 Å². The first-order valence-electron chi connectivity index (χ1n) is 7.28. The van der Waals surface area contributed by atoms with Crippen LogP contribution in [0.3, 0.4) is 0 Å². The maximum atomic E-state index is 12.4. The Labute approximate surface area is 148 Å². The molecule has 0 heterocycles. The highest BCUT2D eigenvalue weighted by Gasteiger charge is 2.32. The Balaban J connectivity index is 2.14. The van der Waals surface area contributed by atoms with Crippen molar-refractivity contribution in [3.63, 3.8) is 0 Å². The molecular weight excluding hydrogens is 373 g/mol. The summed E-state index contributed by atoms with van der Waals surface area (Å²) >= 11 is 0. The smallest absolute Gasteiger partial charge is 0.405 e. The lowest BCUT2D eigenvalue weighted by Crippen LogP contribution is -2.25. The minimum Gasteiger partial charge on any atom is -0.405 e. The first-order chi connectivity index (χ1) is 12.1. The van der Waals surface area contributed by atoms with Crippen molar-refractivity contribution in [2.75, 3.05) is 7.05 Å². The Kier molecular flexibility index (Phi) is 5.88. The van der Waals surface area contributed by atoms with Gasteiger partial charge in [0.15, 0.2) is 0 Å². The zero-order valence-corrected chi connectivity index (χ0v) is 14.3. The zero-order chi connectivity index (χ0) is 19.4. The van der Waals surface area contributed by atoms with Gasteiger partial charge in [0.1, 0.15) is 5.75 Å². The second-order valence-electron chi connectivity index (χ2n) is 5.07. The number of benzene rings is 2. The Morgan fingerprint density at radius 3 is 2.46 bits per heavy atom. The fourth-order valence-corrected chi connectivity index (χ4v) is 2.85. The molecule has 0 aliphatic heterocycles. The molecule has 0 aromatic heterocycles. The molecule has 0 aliphatic rings. The summed E-state index contributed by atoms with van der Waals surface area (Å²) in [5.74, 6) is -1.06. The molecule has 0 fully saturated rings. The van der Waals surface area contributed by atoms with Crippen LogP contribution < -0.4 is 14.8 Å². The van der Waals surface area contributed by atoms with Crippen molar-refractivity contribution >= 4 is 15.9 Å². The molecule has 10 heteroatoms. The number of hydrogen-bond acceptors (Lipinski definition) is 4. The van der Waals surface area contributed by atoms with E-state index in [0.717, 1.165) is 6.07 Å². The van der Waals surface area contributed by atoms with Gasteiger partial charge in [-0.2, -0.15) is 0 Å². The first kappa shape index (κ1) is 19.7.